The lowest BCUT2D eigenvalue weighted by atomic mass is 10.1. The predicted octanol–water partition coefficient (Wildman–Crippen LogP) is 4.41. The Morgan fingerprint density at radius 1 is 0.967 bits per heavy atom. The highest BCUT2D eigenvalue weighted by atomic mass is 79.9. The Hall–Kier alpha value is -3.12. The van der Waals surface area contributed by atoms with Crippen LogP contribution >= 0.6 is 15.9 Å². The van der Waals surface area contributed by atoms with E-state index in [4.69, 9.17) is 9.47 Å². The smallest absolute Gasteiger partial charge is 0.350 e. The van der Waals surface area contributed by atoms with Gasteiger partial charge in [-0.05, 0) is 48.5 Å². The van der Waals surface area contributed by atoms with Crippen molar-refractivity contribution in [2.45, 2.75) is 13.5 Å². The summed E-state index contributed by atoms with van der Waals surface area (Å²) in [7, 11) is 3.28. The van der Waals surface area contributed by atoms with Crippen molar-refractivity contribution >= 4 is 26.8 Å². The van der Waals surface area contributed by atoms with Gasteiger partial charge in [0.25, 0.3) is 5.82 Å². The molecule has 0 saturated heterocycles. The molecule has 4 aromatic rings. The van der Waals surface area contributed by atoms with E-state index in [9.17, 15) is 4.79 Å². The van der Waals surface area contributed by atoms with Crippen molar-refractivity contribution in [3.05, 3.63) is 92.9 Å². The number of methoxy groups -OCH3 is 2. The molecule has 6 heteroatoms. The molecule has 0 bridgehead atoms. The van der Waals surface area contributed by atoms with Gasteiger partial charge >= 0.3 is 5.56 Å². The Morgan fingerprint density at radius 3 is 2.40 bits per heavy atom. The highest BCUT2D eigenvalue weighted by Gasteiger charge is 2.23. The zero-order valence-corrected chi connectivity index (χ0v) is 18.6. The second-order valence-electron chi connectivity index (χ2n) is 6.95. The van der Waals surface area contributed by atoms with Crippen molar-refractivity contribution in [3.8, 4) is 17.2 Å². The molecule has 0 aliphatic heterocycles. The van der Waals surface area contributed by atoms with Gasteiger partial charge in [0.2, 0.25) is 0 Å². The van der Waals surface area contributed by atoms with Gasteiger partial charge in [0, 0.05) is 23.0 Å². The van der Waals surface area contributed by atoms with E-state index in [-0.39, 0.29) is 5.56 Å². The van der Waals surface area contributed by atoms with Crippen LogP contribution in [0.3, 0.4) is 0 Å². The summed E-state index contributed by atoms with van der Waals surface area (Å²) in [4.78, 5) is 13.3. The maximum Gasteiger partial charge on any atom is 0.350 e. The number of halogens is 1. The van der Waals surface area contributed by atoms with Crippen LogP contribution in [0.25, 0.3) is 16.6 Å². The fraction of sp³-hybridized carbons (Fsp3) is 0.167. The molecular formula is C24H22BrN2O3+. The molecule has 3 aromatic carbocycles. The summed E-state index contributed by atoms with van der Waals surface area (Å²) in [5, 5.41) is 0.665. The third-order valence-electron chi connectivity index (χ3n) is 5.25. The molecule has 0 fully saturated rings. The first-order valence-corrected chi connectivity index (χ1v) is 10.3. The summed E-state index contributed by atoms with van der Waals surface area (Å²) in [6, 6.07) is 21.2. The number of fused-ring (bicyclic) bond motifs is 1. The average molecular weight is 466 g/mol. The Kier molecular flexibility index (Phi) is 5.59. The number of nitrogens with zero attached hydrogens (tertiary/aromatic N) is 2. The summed E-state index contributed by atoms with van der Waals surface area (Å²) < 4.78 is 15.8. The lowest BCUT2D eigenvalue weighted by molar-refractivity contribution is -0.673. The van der Waals surface area contributed by atoms with Gasteiger partial charge in [0.15, 0.2) is 0 Å². The van der Waals surface area contributed by atoms with Gasteiger partial charge in [-0.25, -0.2) is 9.36 Å². The van der Waals surface area contributed by atoms with Crippen LogP contribution < -0.4 is 19.6 Å². The second kappa shape index (κ2) is 8.32. The molecule has 0 spiro atoms. The molecule has 0 unspecified atom stereocenters. The van der Waals surface area contributed by atoms with E-state index in [1.54, 1.807) is 18.8 Å². The quantitative estimate of drug-likeness (QED) is 0.410. The molecular weight excluding hydrogens is 444 g/mol. The van der Waals surface area contributed by atoms with E-state index >= 15 is 0 Å². The molecule has 0 radical (unpaired) electrons. The van der Waals surface area contributed by atoms with Crippen LogP contribution in [0.2, 0.25) is 0 Å². The fourth-order valence-corrected chi connectivity index (χ4v) is 3.96. The lowest BCUT2D eigenvalue weighted by Gasteiger charge is -2.14. The van der Waals surface area contributed by atoms with Crippen LogP contribution in [-0.2, 0) is 6.54 Å². The number of benzene rings is 3. The van der Waals surface area contributed by atoms with Crippen molar-refractivity contribution in [1.82, 2.24) is 4.57 Å². The van der Waals surface area contributed by atoms with Crippen LogP contribution in [0.1, 0.15) is 11.4 Å². The average Bonchev–Trinajstić information content (AvgIpc) is 2.78. The van der Waals surface area contributed by atoms with Gasteiger partial charge in [-0.3, -0.25) is 0 Å². The van der Waals surface area contributed by atoms with Gasteiger partial charge in [-0.15, -0.1) is 0 Å². The third-order valence-corrected chi connectivity index (χ3v) is 5.78. The number of rotatable bonds is 5. The molecule has 4 rings (SSSR count). The Bertz CT molecular complexity index is 1280. The topological polar surface area (TPSA) is 44.3 Å². The first-order chi connectivity index (χ1) is 14.5. The third kappa shape index (κ3) is 3.59. The summed E-state index contributed by atoms with van der Waals surface area (Å²) in [6.07, 6.45) is 0. The van der Waals surface area contributed by atoms with Crippen molar-refractivity contribution in [3.63, 3.8) is 0 Å². The fourth-order valence-electron chi connectivity index (χ4n) is 3.70. The van der Waals surface area contributed by atoms with E-state index in [1.165, 1.54) is 0 Å². The second-order valence-corrected chi connectivity index (χ2v) is 7.86. The maximum absolute atomic E-state index is 13.3. The zero-order chi connectivity index (χ0) is 21.3. The maximum atomic E-state index is 13.3. The van der Waals surface area contributed by atoms with Crippen molar-refractivity contribution in [1.29, 1.82) is 0 Å². The van der Waals surface area contributed by atoms with E-state index in [0.29, 0.717) is 11.9 Å². The first-order valence-electron chi connectivity index (χ1n) is 9.54. The van der Waals surface area contributed by atoms with Crippen LogP contribution in [-0.4, -0.2) is 18.8 Å². The number of ether oxygens (including phenoxy) is 2. The molecule has 0 atom stereocenters. The summed E-state index contributed by atoms with van der Waals surface area (Å²) in [5.41, 5.74) is 2.66. The molecule has 0 aliphatic carbocycles. The molecule has 152 valence electrons. The minimum absolute atomic E-state index is 0.0385. The molecule has 30 heavy (non-hydrogen) atoms. The van der Waals surface area contributed by atoms with E-state index in [2.05, 4.69) is 20.5 Å². The molecule has 5 nitrogen and oxygen atoms in total. The van der Waals surface area contributed by atoms with Crippen molar-refractivity contribution in [2.24, 2.45) is 0 Å². The number of aromatic nitrogens is 2. The summed E-state index contributed by atoms with van der Waals surface area (Å²) in [5.74, 6) is 2.31. The van der Waals surface area contributed by atoms with Crippen LogP contribution in [0.5, 0.6) is 11.5 Å². The lowest BCUT2D eigenvalue weighted by Crippen LogP contribution is -2.45. The number of para-hydroxylation sites is 1. The molecule has 1 aromatic heterocycles. The van der Waals surface area contributed by atoms with Gasteiger partial charge in [-0.1, -0.05) is 28.1 Å². The summed E-state index contributed by atoms with van der Waals surface area (Å²) in [6.45, 7) is 2.52. The monoisotopic (exact) mass is 465 g/mol. The molecule has 0 aliphatic rings. The van der Waals surface area contributed by atoms with Crippen LogP contribution in [0.15, 0.2) is 76.0 Å². The zero-order valence-electron chi connectivity index (χ0n) is 17.1. The van der Waals surface area contributed by atoms with Crippen molar-refractivity contribution < 1.29 is 14.0 Å². The van der Waals surface area contributed by atoms with Crippen LogP contribution in [0, 0.1) is 6.92 Å². The Labute approximate surface area is 183 Å². The van der Waals surface area contributed by atoms with E-state index < -0.39 is 0 Å². The largest absolute Gasteiger partial charge is 0.497 e. The highest BCUT2D eigenvalue weighted by molar-refractivity contribution is 9.10. The number of hydrogen-bond acceptors (Lipinski definition) is 3. The highest BCUT2D eigenvalue weighted by Crippen LogP contribution is 2.25. The minimum Gasteiger partial charge on any atom is -0.497 e. The van der Waals surface area contributed by atoms with Gasteiger partial charge < -0.3 is 9.47 Å². The van der Waals surface area contributed by atoms with Crippen molar-refractivity contribution in [2.75, 3.05) is 14.2 Å². The molecule has 0 N–H and O–H groups in total. The van der Waals surface area contributed by atoms with E-state index in [0.717, 1.165) is 38.6 Å². The predicted molar refractivity (Wildman–Crippen MR) is 121 cm³/mol. The van der Waals surface area contributed by atoms with Gasteiger partial charge in [-0.2, -0.15) is 4.57 Å². The van der Waals surface area contributed by atoms with Gasteiger partial charge in [0.1, 0.15) is 34.6 Å². The normalized spacial score (nSPS) is 10.9. The van der Waals surface area contributed by atoms with Crippen LogP contribution in [0.4, 0.5) is 0 Å². The standard InChI is InChI=1S/C24H22BrN2O3/c1-16-26(15-17-8-13-20(29-2)14-23(17)30-3)22-7-5-4-6-21(22)24(28)27(16)19-11-9-18(25)10-12-19/h4-14H,15H2,1-3H3/q+1. The Morgan fingerprint density at radius 2 is 1.70 bits per heavy atom. The first kappa shape index (κ1) is 20.2. The summed E-state index contributed by atoms with van der Waals surface area (Å²) >= 11 is 3.46. The minimum atomic E-state index is -0.0385. The SMILES string of the molecule is COc1ccc(C[n+]2c(C)n(-c3ccc(Br)cc3)c(=O)c3ccccc32)c(OC)c1. The molecule has 1 heterocycles. The Balaban J connectivity index is 1.96. The molecule has 0 saturated carbocycles. The van der Waals surface area contributed by atoms with E-state index in [1.807, 2.05) is 73.7 Å². The number of hydrogen-bond donors (Lipinski definition) is 0. The van der Waals surface area contributed by atoms with Gasteiger partial charge in [0.05, 0.1) is 14.2 Å². The molecule has 0 amide bonds.